The molecule has 0 aromatic carbocycles. The van der Waals surface area contributed by atoms with E-state index < -0.39 is 0 Å². The van der Waals surface area contributed by atoms with Crippen LogP contribution in [0.2, 0.25) is 0 Å². The number of nitrogens with zero attached hydrogens (tertiary/aromatic N) is 3. The summed E-state index contributed by atoms with van der Waals surface area (Å²) in [4.78, 5) is 18.6. The molecule has 6 heteroatoms. The molecule has 0 spiro atoms. The Labute approximate surface area is 98.5 Å². The summed E-state index contributed by atoms with van der Waals surface area (Å²) >= 11 is 0. The lowest BCUT2D eigenvalue weighted by atomic mass is 10.1. The third kappa shape index (κ3) is 2.42. The average Bonchev–Trinajstić information content (AvgIpc) is 2.74. The number of nitrogens with one attached hydrogen (secondary N) is 1. The highest BCUT2D eigenvalue weighted by molar-refractivity contribution is 5.56. The van der Waals surface area contributed by atoms with Crippen molar-refractivity contribution >= 4 is 0 Å². The highest BCUT2D eigenvalue weighted by Crippen LogP contribution is 2.15. The van der Waals surface area contributed by atoms with Crippen LogP contribution in [0.5, 0.6) is 0 Å². The summed E-state index contributed by atoms with van der Waals surface area (Å²) in [6.07, 6.45) is 3.50. The fraction of sp³-hybridized carbons (Fsp3) is 0.364. The van der Waals surface area contributed by atoms with E-state index in [1.54, 1.807) is 10.9 Å². The molecule has 3 N–H and O–H groups in total. The number of hydrogen-bond acceptors (Lipinski definition) is 4. The van der Waals surface area contributed by atoms with E-state index in [1.807, 2.05) is 20.2 Å². The zero-order valence-corrected chi connectivity index (χ0v) is 9.84. The number of aryl methyl sites for hydroxylation is 1. The topological polar surface area (TPSA) is 89.6 Å². The maximum atomic E-state index is 11.5. The Morgan fingerprint density at radius 2 is 2.35 bits per heavy atom. The molecule has 2 aromatic heterocycles. The molecule has 0 aliphatic heterocycles. The quantitative estimate of drug-likeness (QED) is 0.794. The van der Waals surface area contributed by atoms with Crippen LogP contribution in [0, 0.1) is 0 Å². The second-order valence-corrected chi connectivity index (χ2v) is 4.06. The zero-order valence-electron chi connectivity index (χ0n) is 9.84. The summed E-state index contributed by atoms with van der Waals surface area (Å²) in [7, 11) is 1.82. The molecule has 0 aliphatic rings. The standard InChI is InChI=1S/C11H15N5O/c1-7(4-12)11-14-9(3-10(17)15-11)8-5-13-16(2)6-8/h3,5-7H,4,12H2,1-2H3,(H,14,15,17). The fourth-order valence-electron chi connectivity index (χ4n) is 1.52. The Morgan fingerprint density at radius 1 is 1.59 bits per heavy atom. The number of aromatic nitrogens is 4. The summed E-state index contributed by atoms with van der Waals surface area (Å²) in [6, 6.07) is 1.46. The molecule has 1 atom stereocenters. The lowest BCUT2D eigenvalue weighted by Crippen LogP contribution is -2.18. The summed E-state index contributed by atoms with van der Waals surface area (Å²) < 4.78 is 1.67. The van der Waals surface area contributed by atoms with Gasteiger partial charge in [0.1, 0.15) is 5.82 Å². The number of rotatable bonds is 3. The van der Waals surface area contributed by atoms with E-state index in [1.165, 1.54) is 6.07 Å². The van der Waals surface area contributed by atoms with Gasteiger partial charge in [-0.3, -0.25) is 9.48 Å². The first kappa shape index (κ1) is 11.5. The van der Waals surface area contributed by atoms with Gasteiger partial charge in [0, 0.05) is 37.3 Å². The third-order valence-electron chi connectivity index (χ3n) is 2.58. The van der Waals surface area contributed by atoms with Gasteiger partial charge in [-0.25, -0.2) is 4.98 Å². The maximum absolute atomic E-state index is 11.5. The van der Waals surface area contributed by atoms with Gasteiger partial charge in [-0.1, -0.05) is 6.92 Å². The van der Waals surface area contributed by atoms with Crippen molar-refractivity contribution in [2.75, 3.05) is 6.54 Å². The molecule has 0 bridgehead atoms. The minimum atomic E-state index is -0.172. The van der Waals surface area contributed by atoms with Gasteiger partial charge in [0.25, 0.3) is 5.56 Å². The van der Waals surface area contributed by atoms with E-state index in [9.17, 15) is 4.79 Å². The predicted molar refractivity (Wildman–Crippen MR) is 64.5 cm³/mol. The van der Waals surface area contributed by atoms with Crippen molar-refractivity contribution in [3.63, 3.8) is 0 Å². The van der Waals surface area contributed by atoms with Crippen LogP contribution in [-0.2, 0) is 7.05 Å². The normalized spacial score (nSPS) is 12.6. The Balaban J connectivity index is 2.48. The zero-order chi connectivity index (χ0) is 12.4. The van der Waals surface area contributed by atoms with Crippen LogP contribution >= 0.6 is 0 Å². The average molecular weight is 233 g/mol. The van der Waals surface area contributed by atoms with Crippen molar-refractivity contribution in [2.24, 2.45) is 12.8 Å². The highest BCUT2D eigenvalue weighted by Gasteiger charge is 2.10. The first-order valence-corrected chi connectivity index (χ1v) is 5.40. The van der Waals surface area contributed by atoms with Gasteiger partial charge in [-0.2, -0.15) is 5.10 Å². The van der Waals surface area contributed by atoms with E-state index in [2.05, 4.69) is 15.1 Å². The second-order valence-electron chi connectivity index (χ2n) is 4.06. The van der Waals surface area contributed by atoms with Gasteiger partial charge in [0.05, 0.1) is 11.9 Å². The van der Waals surface area contributed by atoms with Crippen LogP contribution in [0.15, 0.2) is 23.3 Å². The molecule has 0 saturated carbocycles. The summed E-state index contributed by atoms with van der Waals surface area (Å²) in [5.74, 6) is 0.637. The minimum absolute atomic E-state index is 0.0271. The van der Waals surface area contributed by atoms with Crippen molar-refractivity contribution < 1.29 is 0 Å². The van der Waals surface area contributed by atoms with Crippen molar-refractivity contribution in [3.05, 3.63) is 34.6 Å². The second kappa shape index (κ2) is 4.50. The molecule has 0 fully saturated rings. The van der Waals surface area contributed by atoms with Crippen LogP contribution in [0.4, 0.5) is 0 Å². The molecular weight excluding hydrogens is 218 g/mol. The van der Waals surface area contributed by atoms with Crippen LogP contribution in [0.1, 0.15) is 18.7 Å². The molecule has 2 heterocycles. The van der Waals surface area contributed by atoms with Crippen molar-refractivity contribution in [2.45, 2.75) is 12.8 Å². The van der Waals surface area contributed by atoms with Crippen molar-refractivity contribution in [3.8, 4) is 11.3 Å². The maximum Gasteiger partial charge on any atom is 0.251 e. The Hall–Kier alpha value is -1.95. The summed E-state index contributed by atoms with van der Waals surface area (Å²) in [6.45, 7) is 2.37. The predicted octanol–water partition coefficient (Wildman–Crippen LogP) is 0.233. The van der Waals surface area contributed by atoms with E-state index in [-0.39, 0.29) is 11.5 Å². The smallest absolute Gasteiger partial charge is 0.251 e. The van der Waals surface area contributed by atoms with Gasteiger partial charge in [0.15, 0.2) is 0 Å². The lowest BCUT2D eigenvalue weighted by molar-refractivity contribution is 0.708. The number of hydrogen-bond donors (Lipinski definition) is 2. The van der Waals surface area contributed by atoms with E-state index >= 15 is 0 Å². The molecular formula is C11H15N5O. The highest BCUT2D eigenvalue weighted by atomic mass is 16.1. The van der Waals surface area contributed by atoms with Gasteiger partial charge in [0.2, 0.25) is 0 Å². The van der Waals surface area contributed by atoms with Crippen LogP contribution in [-0.4, -0.2) is 26.3 Å². The largest absolute Gasteiger partial charge is 0.330 e. The van der Waals surface area contributed by atoms with Crippen molar-refractivity contribution in [1.82, 2.24) is 19.7 Å². The molecule has 0 amide bonds. The van der Waals surface area contributed by atoms with Crippen LogP contribution in [0.25, 0.3) is 11.3 Å². The summed E-state index contributed by atoms with van der Waals surface area (Å²) in [5.41, 5.74) is 6.84. The molecule has 0 radical (unpaired) electrons. The number of H-pyrrole nitrogens is 1. The van der Waals surface area contributed by atoms with E-state index in [4.69, 9.17) is 5.73 Å². The SMILES string of the molecule is CC(CN)c1nc(-c2cnn(C)c2)cc(=O)[nH]1. The van der Waals surface area contributed by atoms with Crippen LogP contribution in [0.3, 0.4) is 0 Å². The van der Waals surface area contributed by atoms with Gasteiger partial charge < -0.3 is 10.7 Å². The van der Waals surface area contributed by atoms with Gasteiger partial charge in [-0.05, 0) is 0 Å². The van der Waals surface area contributed by atoms with Crippen molar-refractivity contribution in [1.29, 1.82) is 0 Å². The third-order valence-corrected chi connectivity index (χ3v) is 2.58. The molecule has 2 rings (SSSR count). The summed E-state index contributed by atoms with van der Waals surface area (Å²) in [5, 5.41) is 4.06. The van der Waals surface area contributed by atoms with E-state index in [0.29, 0.717) is 18.1 Å². The van der Waals surface area contributed by atoms with Crippen LogP contribution < -0.4 is 11.3 Å². The Morgan fingerprint density at radius 3 is 2.94 bits per heavy atom. The Bertz CT molecular complexity index is 571. The first-order valence-electron chi connectivity index (χ1n) is 5.40. The minimum Gasteiger partial charge on any atom is -0.330 e. The molecule has 6 nitrogen and oxygen atoms in total. The Kier molecular flexibility index (Phi) is 3.06. The van der Waals surface area contributed by atoms with E-state index in [0.717, 1.165) is 5.56 Å². The monoisotopic (exact) mass is 233 g/mol. The molecule has 17 heavy (non-hydrogen) atoms. The molecule has 0 saturated heterocycles. The fourth-order valence-corrected chi connectivity index (χ4v) is 1.52. The number of nitrogens with two attached hydrogens (primary N) is 1. The molecule has 1 unspecified atom stereocenters. The van der Waals surface area contributed by atoms with Gasteiger partial charge in [-0.15, -0.1) is 0 Å². The number of aromatic amines is 1. The molecule has 90 valence electrons. The molecule has 2 aromatic rings. The lowest BCUT2D eigenvalue weighted by Gasteiger charge is -2.08. The van der Waals surface area contributed by atoms with Gasteiger partial charge >= 0.3 is 0 Å². The molecule has 0 aliphatic carbocycles. The first-order chi connectivity index (χ1) is 8.10.